The Morgan fingerprint density at radius 1 is 0.909 bits per heavy atom. The van der Waals surface area contributed by atoms with E-state index in [1.165, 1.54) is 43.9 Å². The largest absolute Gasteiger partial charge is 0.367 e. The van der Waals surface area contributed by atoms with Gasteiger partial charge in [0.1, 0.15) is 5.82 Å². The van der Waals surface area contributed by atoms with Crippen LogP contribution in [0.25, 0.3) is 11.1 Å². The molecule has 4 rings (SSSR count). The van der Waals surface area contributed by atoms with Gasteiger partial charge in [0, 0.05) is 31.4 Å². The van der Waals surface area contributed by atoms with Gasteiger partial charge < -0.3 is 9.80 Å². The molecule has 22 heavy (non-hydrogen) atoms. The molecule has 0 saturated carbocycles. The Morgan fingerprint density at radius 2 is 1.55 bits per heavy atom. The summed E-state index contributed by atoms with van der Waals surface area (Å²) < 4.78 is 13.0. The number of hydrogen-bond acceptors (Lipinski definition) is 2. The van der Waals surface area contributed by atoms with Crippen molar-refractivity contribution in [2.24, 2.45) is 5.92 Å². The number of halogens is 1. The first-order chi connectivity index (χ1) is 10.7. The number of rotatable bonds is 2. The van der Waals surface area contributed by atoms with Crippen LogP contribution in [0.2, 0.25) is 0 Å². The molecule has 0 N–H and O–H groups in total. The maximum absolute atomic E-state index is 13.0. The van der Waals surface area contributed by atoms with Crippen molar-refractivity contribution in [3.8, 4) is 11.1 Å². The third kappa shape index (κ3) is 2.40. The minimum atomic E-state index is -0.186. The Morgan fingerprint density at radius 3 is 2.23 bits per heavy atom. The summed E-state index contributed by atoms with van der Waals surface area (Å²) in [6.45, 7) is 3.57. The van der Waals surface area contributed by atoms with Crippen molar-refractivity contribution in [2.75, 3.05) is 31.6 Å². The second-order valence-corrected chi connectivity index (χ2v) is 6.58. The fourth-order valence-electron chi connectivity index (χ4n) is 3.98. The van der Waals surface area contributed by atoms with E-state index in [0.29, 0.717) is 6.04 Å². The quantitative estimate of drug-likeness (QED) is 0.835. The molecule has 2 heterocycles. The molecular formula is C19H21FN2. The first kappa shape index (κ1) is 13.8. The molecule has 0 unspecified atom stereocenters. The minimum absolute atomic E-state index is 0.186. The molecule has 2 fully saturated rings. The van der Waals surface area contributed by atoms with E-state index in [9.17, 15) is 4.39 Å². The summed E-state index contributed by atoms with van der Waals surface area (Å²) in [6, 6.07) is 16.1. The Bertz CT molecular complexity index is 650. The second kappa shape index (κ2) is 5.40. The molecule has 114 valence electrons. The van der Waals surface area contributed by atoms with Crippen molar-refractivity contribution in [3.63, 3.8) is 0 Å². The van der Waals surface area contributed by atoms with E-state index in [1.807, 2.05) is 12.1 Å². The monoisotopic (exact) mass is 296 g/mol. The Hall–Kier alpha value is -1.87. The molecule has 0 bridgehead atoms. The maximum atomic E-state index is 13.0. The summed E-state index contributed by atoms with van der Waals surface area (Å²) in [4.78, 5) is 5.00. The standard InChI is InChI=1S/C19H21FN2/c1-21-12-16-10-11-22(19(16)13-21)18-8-4-15(5-9-18)14-2-6-17(20)7-3-14/h2-9,16,19H,10-13H2,1H3/t16-,19+/m1/s1. The van der Waals surface area contributed by atoms with Crippen molar-refractivity contribution in [1.29, 1.82) is 0 Å². The van der Waals surface area contributed by atoms with Crippen LogP contribution in [-0.2, 0) is 0 Å². The van der Waals surface area contributed by atoms with Gasteiger partial charge in [0.25, 0.3) is 0 Å². The highest BCUT2D eigenvalue weighted by Gasteiger charge is 2.39. The molecule has 2 saturated heterocycles. The van der Waals surface area contributed by atoms with Crippen molar-refractivity contribution in [3.05, 3.63) is 54.3 Å². The third-order valence-corrected chi connectivity index (χ3v) is 5.11. The van der Waals surface area contributed by atoms with Crippen LogP contribution in [0, 0.1) is 11.7 Å². The van der Waals surface area contributed by atoms with E-state index in [-0.39, 0.29) is 5.82 Å². The number of anilines is 1. The summed E-state index contributed by atoms with van der Waals surface area (Å²) in [7, 11) is 2.22. The second-order valence-electron chi connectivity index (χ2n) is 6.58. The third-order valence-electron chi connectivity index (χ3n) is 5.11. The van der Waals surface area contributed by atoms with E-state index < -0.39 is 0 Å². The fourth-order valence-corrected chi connectivity index (χ4v) is 3.98. The average Bonchev–Trinajstić information content (AvgIpc) is 3.07. The SMILES string of the molecule is CN1C[C@H]2CCN(c3ccc(-c4ccc(F)cc4)cc3)[C@H]2C1. The predicted molar refractivity (Wildman–Crippen MR) is 88.6 cm³/mol. The smallest absolute Gasteiger partial charge is 0.123 e. The van der Waals surface area contributed by atoms with Gasteiger partial charge in [-0.05, 0) is 54.8 Å². The van der Waals surface area contributed by atoms with Crippen molar-refractivity contribution in [1.82, 2.24) is 4.90 Å². The van der Waals surface area contributed by atoms with Crippen molar-refractivity contribution in [2.45, 2.75) is 12.5 Å². The topological polar surface area (TPSA) is 6.48 Å². The van der Waals surface area contributed by atoms with Crippen LogP contribution in [-0.4, -0.2) is 37.6 Å². The van der Waals surface area contributed by atoms with Gasteiger partial charge in [-0.25, -0.2) is 4.39 Å². The van der Waals surface area contributed by atoms with Crippen LogP contribution >= 0.6 is 0 Å². The van der Waals surface area contributed by atoms with Gasteiger partial charge in [-0.2, -0.15) is 0 Å². The van der Waals surface area contributed by atoms with E-state index in [1.54, 1.807) is 0 Å². The molecule has 2 aliphatic rings. The molecule has 0 spiro atoms. The highest BCUT2D eigenvalue weighted by molar-refractivity contribution is 5.66. The van der Waals surface area contributed by atoms with Crippen molar-refractivity contribution >= 4 is 5.69 Å². The molecule has 2 aliphatic heterocycles. The van der Waals surface area contributed by atoms with Crippen LogP contribution in [0.5, 0.6) is 0 Å². The van der Waals surface area contributed by atoms with Gasteiger partial charge in [0.05, 0.1) is 0 Å². The zero-order valence-corrected chi connectivity index (χ0v) is 12.9. The molecule has 0 aliphatic carbocycles. The molecule has 2 atom stereocenters. The lowest BCUT2D eigenvalue weighted by Crippen LogP contribution is -2.34. The number of nitrogens with zero attached hydrogens (tertiary/aromatic N) is 2. The highest BCUT2D eigenvalue weighted by Crippen LogP contribution is 2.35. The van der Waals surface area contributed by atoms with Crippen LogP contribution in [0.1, 0.15) is 6.42 Å². The molecular weight excluding hydrogens is 275 g/mol. The van der Waals surface area contributed by atoms with Gasteiger partial charge in [-0.3, -0.25) is 0 Å². The normalized spacial score (nSPS) is 24.7. The summed E-state index contributed by atoms with van der Waals surface area (Å²) in [5.74, 6) is 0.635. The number of hydrogen-bond donors (Lipinski definition) is 0. The first-order valence-electron chi connectivity index (χ1n) is 8.02. The molecule has 0 amide bonds. The van der Waals surface area contributed by atoms with Gasteiger partial charge >= 0.3 is 0 Å². The summed E-state index contributed by atoms with van der Waals surface area (Å²) in [5.41, 5.74) is 3.52. The van der Waals surface area contributed by atoms with Gasteiger partial charge in [-0.15, -0.1) is 0 Å². The average molecular weight is 296 g/mol. The van der Waals surface area contributed by atoms with Gasteiger partial charge in [0.15, 0.2) is 0 Å². The van der Waals surface area contributed by atoms with E-state index >= 15 is 0 Å². The number of likely N-dealkylation sites (N-methyl/N-ethyl adjacent to an activating group) is 1. The van der Waals surface area contributed by atoms with Crippen molar-refractivity contribution < 1.29 is 4.39 Å². The van der Waals surface area contributed by atoms with Gasteiger partial charge in [-0.1, -0.05) is 24.3 Å². The van der Waals surface area contributed by atoms with E-state index in [0.717, 1.165) is 17.0 Å². The van der Waals surface area contributed by atoms with Crippen LogP contribution in [0.4, 0.5) is 10.1 Å². The molecule has 2 aromatic rings. The number of benzene rings is 2. The summed E-state index contributed by atoms with van der Waals surface area (Å²) in [5, 5.41) is 0. The first-order valence-corrected chi connectivity index (χ1v) is 8.02. The lowest BCUT2D eigenvalue weighted by atomic mass is 10.0. The predicted octanol–water partition coefficient (Wildman–Crippen LogP) is 3.63. The Balaban J connectivity index is 1.56. The lowest BCUT2D eigenvalue weighted by molar-refractivity contribution is 0.386. The Labute approximate surface area is 131 Å². The van der Waals surface area contributed by atoms with E-state index in [2.05, 4.69) is 41.1 Å². The van der Waals surface area contributed by atoms with Crippen LogP contribution in [0.15, 0.2) is 48.5 Å². The van der Waals surface area contributed by atoms with Crippen LogP contribution < -0.4 is 4.90 Å². The van der Waals surface area contributed by atoms with Crippen LogP contribution in [0.3, 0.4) is 0 Å². The number of fused-ring (bicyclic) bond motifs is 1. The molecule has 3 heteroatoms. The molecule has 0 aromatic heterocycles. The summed E-state index contributed by atoms with van der Waals surface area (Å²) >= 11 is 0. The lowest BCUT2D eigenvalue weighted by Gasteiger charge is -2.26. The van der Waals surface area contributed by atoms with Gasteiger partial charge in [0.2, 0.25) is 0 Å². The zero-order valence-electron chi connectivity index (χ0n) is 12.9. The molecule has 0 radical (unpaired) electrons. The fraction of sp³-hybridized carbons (Fsp3) is 0.368. The summed E-state index contributed by atoms with van der Waals surface area (Å²) in [6.07, 6.45) is 1.30. The maximum Gasteiger partial charge on any atom is 0.123 e. The highest BCUT2D eigenvalue weighted by atomic mass is 19.1. The Kier molecular flexibility index (Phi) is 3.38. The zero-order chi connectivity index (χ0) is 15.1. The molecule has 2 aromatic carbocycles. The van der Waals surface area contributed by atoms with E-state index in [4.69, 9.17) is 0 Å². The minimum Gasteiger partial charge on any atom is -0.367 e. The molecule has 2 nitrogen and oxygen atoms in total. The number of likely N-dealkylation sites (tertiary alicyclic amines) is 1.